The van der Waals surface area contributed by atoms with Crippen LogP contribution in [-0.2, 0) is 13.1 Å². The van der Waals surface area contributed by atoms with Gasteiger partial charge in [-0.15, -0.1) is 0 Å². The largest absolute Gasteiger partial charge is 0.460 e. The monoisotopic (exact) mass is 463 g/mol. The van der Waals surface area contributed by atoms with E-state index in [9.17, 15) is 13.6 Å². The third-order valence-corrected chi connectivity index (χ3v) is 6.46. The molecular weight excluding hydrogens is 436 g/mol. The van der Waals surface area contributed by atoms with Gasteiger partial charge in [-0.05, 0) is 31.4 Å². The van der Waals surface area contributed by atoms with E-state index in [0.717, 1.165) is 38.5 Å². The van der Waals surface area contributed by atoms with Crippen LogP contribution >= 0.6 is 0 Å². The fourth-order valence-electron chi connectivity index (χ4n) is 4.68. The first-order chi connectivity index (χ1) is 16.5. The van der Waals surface area contributed by atoms with Gasteiger partial charge in [-0.25, -0.2) is 8.78 Å². The standard InChI is InChI=1S/C27H27F2N3O2/c1-18-13-24-26(34-18)15-25(32(24)17-20-7-8-21(28)14-23(20)29)27(33)30-22-9-11-31(12-10-22)16-19-5-3-2-4-6-19/h2-8,13-15,22H,9-12,16-17H2,1H3,(H,30,33). The second-order valence-electron chi connectivity index (χ2n) is 8.97. The summed E-state index contributed by atoms with van der Waals surface area (Å²) in [6.45, 7) is 4.65. The maximum absolute atomic E-state index is 14.4. The van der Waals surface area contributed by atoms with E-state index in [1.807, 2.05) is 31.2 Å². The van der Waals surface area contributed by atoms with E-state index in [2.05, 4.69) is 22.3 Å². The highest BCUT2D eigenvalue weighted by atomic mass is 19.1. The van der Waals surface area contributed by atoms with Crippen molar-refractivity contribution in [1.29, 1.82) is 0 Å². The van der Waals surface area contributed by atoms with Crippen molar-refractivity contribution in [3.8, 4) is 0 Å². The lowest BCUT2D eigenvalue weighted by molar-refractivity contribution is 0.0900. The Hall–Kier alpha value is -3.45. The number of piperidine rings is 1. The number of nitrogens with one attached hydrogen (secondary N) is 1. The zero-order valence-electron chi connectivity index (χ0n) is 19.1. The maximum atomic E-state index is 14.4. The van der Waals surface area contributed by atoms with E-state index in [1.165, 1.54) is 17.7 Å². The fraction of sp³-hybridized carbons (Fsp3) is 0.296. The van der Waals surface area contributed by atoms with Crippen molar-refractivity contribution >= 4 is 17.0 Å². The molecule has 34 heavy (non-hydrogen) atoms. The molecule has 176 valence electrons. The lowest BCUT2D eigenvalue weighted by Crippen LogP contribution is -2.44. The zero-order chi connectivity index (χ0) is 23.7. The first-order valence-electron chi connectivity index (χ1n) is 11.6. The first kappa shape index (κ1) is 22.3. The number of likely N-dealkylation sites (tertiary alicyclic amines) is 1. The number of amides is 1. The van der Waals surface area contributed by atoms with Crippen molar-refractivity contribution in [1.82, 2.24) is 14.8 Å². The molecule has 3 heterocycles. The molecule has 1 N–H and O–H groups in total. The van der Waals surface area contributed by atoms with E-state index >= 15 is 0 Å². The van der Waals surface area contributed by atoms with Crippen LogP contribution in [0.3, 0.4) is 0 Å². The molecule has 7 heteroatoms. The summed E-state index contributed by atoms with van der Waals surface area (Å²) in [4.78, 5) is 15.6. The van der Waals surface area contributed by atoms with Crippen LogP contribution in [0.5, 0.6) is 0 Å². The quantitative estimate of drug-likeness (QED) is 0.424. The van der Waals surface area contributed by atoms with E-state index in [-0.39, 0.29) is 18.5 Å². The second kappa shape index (κ2) is 9.43. The number of benzene rings is 2. The Kier molecular flexibility index (Phi) is 6.20. The molecule has 0 bridgehead atoms. The van der Waals surface area contributed by atoms with Crippen LogP contribution < -0.4 is 5.32 Å². The molecule has 0 unspecified atom stereocenters. The van der Waals surface area contributed by atoms with Crippen LogP contribution in [0.4, 0.5) is 8.78 Å². The van der Waals surface area contributed by atoms with Crippen LogP contribution in [0.1, 0.15) is 40.2 Å². The number of rotatable bonds is 6. The summed E-state index contributed by atoms with van der Waals surface area (Å²) in [5.74, 6) is -0.780. The summed E-state index contributed by atoms with van der Waals surface area (Å²) in [5.41, 5.74) is 3.28. The Balaban J connectivity index is 1.30. The Morgan fingerprint density at radius 2 is 1.79 bits per heavy atom. The Labute approximate surface area is 197 Å². The molecular formula is C27H27F2N3O2. The molecule has 1 amide bonds. The molecule has 1 fully saturated rings. The third kappa shape index (κ3) is 4.75. The molecule has 5 nitrogen and oxygen atoms in total. The summed E-state index contributed by atoms with van der Waals surface area (Å²) in [6, 6.07) is 17.5. The number of aryl methyl sites for hydroxylation is 1. The third-order valence-electron chi connectivity index (χ3n) is 6.46. The molecule has 2 aromatic carbocycles. The van der Waals surface area contributed by atoms with Gasteiger partial charge in [0.2, 0.25) is 0 Å². The number of hydrogen-bond acceptors (Lipinski definition) is 3. The Bertz CT molecular complexity index is 1300. The van der Waals surface area contributed by atoms with Gasteiger partial charge in [0, 0.05) is 49.4 Å². The normalized spacial score (nSPS) is 15.1. The second-order valence-corrected chi connectivity index (χ2v) is 8.97. The van der Waals surface area contributed by atoms with Crippen LogP contribution in [0.2, 0.25) is 0 Å². The highest BCUT2D eigenvalue weighted by Gasteiger charge is 2.24. The van der Waals surface area contributed by atoms with Crippen molar-refractivity contribution in [3.05, 3.63) is 94.9 Å². The summed E-state index contributed by atoms with van der Waals surface area (Å²) in [5, 5.41) is 3.15. The average Bonchev–Trinajstić information content (AvgIpc) is 3.34. The molecule has 5 rings (SSSR count). The Morgan fingerprint density at radius 3 is 2.53 bits per heavy atom. The summed E-state index contributed by atoms with van der Waals surface area (Å²) in [7, 11) is 0. The molecule has 1 saturated heterocycles. The molecule has 4 aromatic rings. The van der Waals surface area contributed by atoms with Gasteiger partial charge in [-0.2, -0.15) is 0 Å². The summed E-state index contributed by atoms with van der Waals surface area (Å²) < 4.78 is 35.2. The van der Waals surface area contributed by atoms with E-state index in [1.54, 1.807) is 10.6 Å². The zero-order valence-corrected chi connectivity index (χ0v) is 19.1. The molecule has 0 radical (unpaired) electrons. The minimum atomic E-state index is -0.640. The number of furan rings is 1. The van der Waals surface area contributed by atoms with Crippen molar-refractivity contribution in [3.63, 3.8) is 0 Å². The Morgan fingerprint density at radius 1 is 1.03 bits per heavy atom. The van der Waals surface area contributed by atoms with Crippen molar-refractivity contribution in [2.75, 3.05) is 13.1 Å². The molecule has 2 aromatic heterocycles. The fourth-order valence-corrected chi connectivity index (χ4v) is 4.68. The number of hydrogen-bond donors (Lipinski definition) is 1. The van der Waals surface area contributed by atoms with Gasteiger partial charge in [0.05, 0.1) is 12.1 Å². The van der Waals surface area contributed by atoms with E-state index in [0.29, 0.717) is 28.1 Å². The van der Waals surface area contributed by atoms with Crippen molar-refractivity contribution in [2.24, 2.45) is 0 Å². The number of aromatic nitrogens is 1. The van der Waals surface area contributed by atoms with Gasteiger partial charge >= 0.3 is 0 Å². The average molecular weight is 464 g/mol. The summed E-state index contributed by atoms with van der Waals surface area (Å²) >= 11 is 0. The predicted molar refractivity (Wildman–Crippen MR) is 127 cm³/mol. The van der Waals surface area contributed by atoms with Gasteiger partial charge in [0.1, 0.15) is 23.1 Å². The van der Waals surface area contributed by atoms with Crippen molar-refractivity contribution < 1.29 is 18.0 Å². The smallest absolute Gasteiger partial charge is 0.268 e. The van der Waals surface area contributed by atoms with E-state index < -0.39 is 11.6 Å². The number of halogens is 2. The topological polar surface area (TPSA) is 50.4 Å². The van der Waals surface area contributed by atoms with Crippen LogP contribution in [0, 0.1) is 18.6 Å². The molecule has 0 saturated carbocycles. The van der Waals surface area contributed by atoms with Crippen molar-refractivity contribution in [2.45, 2.75) is 38.9 Å². The van der Waals surface area contributed by atoms with E-state index in [4.69, 9.17) is 4.42 Å². The highest BCUT2D eigenvalue weighted by molar-refractivity contribution is 5.97. The number of carbonyl (C=O) groups excluding carboxylic acids is 1. The van der Waals surface area contributed by atoms with Gasteiger partial charge in [-0.3, -0.25) is 9.69 Å². The SMILES string of the molecule is Cc1cc2c(cc(C(=O)NC3CCN(Cc4ccccc4)CC3)n2Cc2ccc(F)cc2F)o1. The van der Waals surface area contributed by atoms with Crippen LogP contribution in [-0.4, -0.2) is 34.5 Å². The first-order valence-corrected chi connectivity index (χ1v) is 11.6. The van der Waals surface area contributed by atoms with Gasteiger partial charge < -0.3 is 14.3 Å². The number of nitrogens with zero attached hydrogens (tertiary/aromatic N) is 2. The number of fused-ring (bicyclic) bond motifs is 1. The predicted octanol–water partition coefficient (Wildman–Crippen LogP) is 5.26. The highest BCUT2D eigenvalue weighted by Crippen LogP contribution is 2.26. The lowest BCUT2D eigenvalue weighted by atomic mass is 10.0. The minimum absolute atomic E-state index is 0.0680. The molecule has 1 aliphatic rings. The molecule has 1 aliphatic heterocycles. The maximum Gasteiger partial charge on any atom is 0.268 e. The van der Waals surface area contributed by atoms with Gasteiger partial charge in [0.15, 0.2) is 5.58 Å². The van der Waals surface area contributed by atoms with Crippen LogP contribution in [0.15, 0.2) is 65.1 Å². The summed E-state index contributed by atoms with van der Waals surface area (Å²) in [6.07, 6.45) is 1.72. The molecule has 0 atom stereocenters. The molecule has 0 spiro atoms. The van der Waals surface area contributed by atoms with Gasteiger partial charge in [-0.1, -0.05) is 36.4 Å². The number of carbonyl (C=O) groups is 1. The molecule has 0 aliphatic carbocycles. The van der Waals surface area contributed by atoms with Crippen LogP contribution in [0.25, 0.3) is 11.1 Å². The van der Waals surface area contributed by atoms with Gasteiger partial charge in [0.25, 0.3) is 5.91 Å². The lowest BCUT2D eigenvalue weighted by Gasteiger charge is -2.32. The minimum Gasteiger partial charge on any atom is -0.460 e.